The van der Waals surface area contributed by atoms with Crippen LogP contribution >= 0.6 is 11.6 Å². The molecule has 0 spiro atoms. The number of carbonyl (C=O) groups is 2. The van der Waals surface area contributed by atoms with E-state index in [2.05, 4.69) is 69.2 Å². The van der Waals surface area contributed by atoms with Gasteiger partial charge in [-0.05, 0) is 167 Å². The molecule has 2 N–H and O–H groups in total. The largest absolute Gasteiger partial charge is 0.326 e. The molecule has 8 fully saturated rings. The van der Waals surface area contributed by atoms with E-state index < -0.39 is 0 Å². The Morgan fingerprint density at radius 2 is 0.886 bits per heavy atom. The van der Waals surface area contributed by atoms with Crippen LogP contribution in [-0.2, 0) is 9.59 Å². The van der Waals surface area contributed by atoms with Crippen molar-refractivity contribution in [2.45, 2.75) is 179 Å². The van der Waals surface area contributed by atoms with Crippen molar-refractivity contribution in [1.82, 2.24) is 0 Å². The summed E-state index contributed by atoms with van der Waals surface area (Å²) in [6.45, 7) is 22.3. The van der Waals surface area contributed by atoms with E-state index >= 15 is 0 Å². The van der Waals surface area contributed by atoms with E-state index in [4.69, 9.17) is 17.3 Å². The molecule has 8 aliphatic carbocycles. The fourth-order valence-corrected chi connectivity index (χ4v) is 12.5. The highest BCUT2D eigenvalue weighted by Crippen LogP contribution is 2.62. The van der Waals surface area contributed by atoms with Crippen LogP contribution in [0.25, 0.3) is 0 Å². The standard InChI is InChI=1S/C20H34O.C11H15ClO.C8H19N.CH4/c1-18(2,3)13-19(4,5)12-17(21)20-9-14-6-15(10-20)8-16(7-14)11-20;12-10(13)11-4-7-1-8(5-11)3-9(2-7)6-11;1-7(2,3)6-8(4,5)9;/h14-16H,6-13H2,1-5H3;7-9H,1-6H2;6,9H2,1-5H3;1H4. The first kappa shape index (κ1) is 38.0. The molecule has 44 heavy (non-hydrogen) atoms. The fourth-order valence-electron chi connectivity index (χ4n) is 12.3. The predicted octanol–water partition coefficient (Wildman–Crippen LogP) is 11.4. The topological polar surface area (TPSA) is 60.2 Å². The Hall–Kier alpha value is -0.410. The van der Waals surface area contributed by atoms with E-state index in [0.29, 0.717) is 16.6 Å². The van der Waals surface area contributed by atoms with Crippen LogP contribution in [0.1, 0.15) is 173 Å². The summed E-state index contributed by atoms with van der Waals surface area (Å²) in [7, 11) is 0. The predicted molar refractivity (Wildman–Crippen MR) is 189 cm³/mol. The summed E-state index contributed by atoms with van der Waals surface area (Å²) >= 11 is 5.76. The van der Waals surface area contributed by atoms with Crippen molar-refractivity contribution < 1.29 is 9.59 Å². The third kappa shape index (κ3) is 10.0. The summed E-state index contributed by atoms with van der Waals surface area (Å²) in [5.74, 6) is 5.75. The minimum Gasteiger partial charge on any atom is -0.326 e. The van der Waals surface area contributed by atoms with Gasteiger partial charge in [-0.15, -0.1) is 0 Å². The van der Waals surface area contributed by atoms with Gasteiger partial charge >= 0.3 is 0 Å². The van der Waals surface area contributed by atoms with Crippen LogP contribution in [0.5, 0.6) is 0 Å². The number of hydrogen-bond acceptors (Lipinski definition) is 3. The monoisotopic (exact) mass is 634 g/mol. The Bertz CT molecular complexity index is 921. The van der Waals surface area contributed by atoms with Crippen molar-refractivity contribution >= 4 is 22.6 Å². The molecule has 8 saturated carbocycles. The molecule has 8 bridgehead atoms. The van der Waals surface area contributed by atoms with Gasteiger partial charge in [-0.25, -0.2) is 0 Å². The summed E-state index contributed by atoms with van der Waals surface area (Å²) in [5.41, 5.74) is 6.66. The van der Waals surface area contributed by atoms with E-state index in [0.717, 1.165) is 74.0 Å². The summed E-state index contributed by atoms with van der Waals surface area (Å²) in [5, 5.41) is -0.0356. The number of hydrogen-bond donors (Lipinski definition) is 1. The number of rotatable bonds is 6. The van der Waals surface area contributed by atoms with Gasteiger partial charge < -0.3 is 5.73 Å². The summed E-state index contributed by atoms with van der Waals surface area (Å²) in [6, 6.07) is 0. The van der Waals surface area contributed by atoms with Crippen molar-refractivity contribution in [3.8, 4) is 0 Å². The molecule has 0 radical (unpaired) electrons. The molecule has 3 nitrogen and oxygen atoms in total. The number of ketones is 1. The maximum absolute atomic E-state index is 13.2. The van der Waals surface area contributed by atoms with Crippen LogP contribution in [0.3, 0.4) is 0 Å². The van der Waals surface area contributed by atoms with Crippen molar-refractivity contribution in [3.05, 3.63) is 0 Å². The number of carbonyl (C=O) groups excluding carboxylic acids is 2. The van der Waals surface area contributed by atoms with Crippen molar-refractivity contribution in [2.24, 2.45) is 68.3 Å². The van der Waals surface area contributed by atoms with Crippen LogP contribution in [0.15, 0.2) is 0 Å². The third-order valence-corrected chi connectivity index (χ3v) is 12.1. The van der Waals surface area contributed by atoms with Crippen LogP contribution in [0.4, 0.5) is 0 Å². The van der Waals surface area contributed by atoms with E-state index in [1.807, 2.05) is 0 Å². The van der Waals surface area contributed by atoms with Crippen LogP contribution < -0.4 is 5.73 Å². The van der Waals surface area contributed by atoms with E-state index in [-0.39, 0.29) is 34.5 Å². The molecule has 8 aliphatic rings. The van der Waals surface area contributed by atoms with E-state index in [9.17, 15) is 9.59 Å². The molecule has 4 heteroatoms. The maximum Gasteiger partial charge on any atom is 0.227 e. The van der Waals surface area contributed by atoms with Gasteiger partial charge in [0.25, 0.3) is 0 Å². The van der Waals surface area contributed by atoms with E-state index in [1.54, 1.807) is 0 Å². The lowest BCUT2D eigenvalue weighted by atomic mass is 9.48. The lowest BCUT2D eigenvalue weighted by Crippen LogP contribution is -2.50. The molecule has 0 aliphatic heterocycles. The SMILES string of the molecule is C.CC(C)(C)CC(C)(C)CC(=O)C12CC3CC(CC(C3)C1)C2.CC(C)(C)CC(C)(C)N.O=C(Cl)C12CC3CC(CC(C3)C1)C2. The average Bonchev–Trinajstić information content (AvgIpc) is 2.73. The first-order valence-electron chi connectivity index (χ1n) is 18.0. The van der Waals surface area contributed by atoms with E-state index in [1.165, 1.54) is 57.8 Å². The third-order valence-electron chi connectivity index (χ3n) is 11.7. The van der Waals surface area contributed by atoms with Crippen LogP contribution in [0.2, 0.25) is 0 Å². The van der Waals surface area contributed by atoms with Gasteiger partial charge in [0.2, 0.25) is 5.24 Å². The van der Waals surface area contributed by atoms with Crippen LogP contribution in [-0.4, -0.2) is 16.6 Å². The van der Waals surface area contributed by atoms with Gasteiger partial charge in [0.1, 0.15) is 5.78 Å². The van der Waals surface area contributed by atoms with Gasteiger partial charge in [-0.2, -0.15) is 0 Å². The van der Waals surface area contributed by atoms with Crippen molar-refractivity contribution in [1.29, 1.82) is 0 Å². The number of Topliss-reactive ketones (excluding diaryl/α,β-unsaturated/α-hetero) is 1. The van der Waals surface area contributed by atoms with Gasteiger partial charge in [0, 0.05) is 22.8 Å². The molecule has 0 aromatic rings. The molecule has 0 saturated heterocycles. The summed E-state index contributed by atoms with van der Waals surface area (Å²) < 4.78 is 0. The molecule has 0 atom stereocenters. The Balaban J connectivity index is 0.000000197. The second-order valence-electron chi connectivity index (χ2n) is 20.9. The average molecular weight is 634 g/mol. The van der Waals surface area contributed by atoms with Gasteiger partial charge in [-0.3, -0.25) is 9.59 Å². The minimum absolute atomic E-state index is 0. The molecular formula is C40H72ClNO2. The first-order valence-corrected chi connectivity index (χ1v) is 18.4. The van der Waals surface area contributed by atoms with Crippen molar-refractivity contribution in [3.63, 3.8) is 0 Å². The Morgan fingerprint density at radius 1 is 0.591 bits per heavy atom. The number of nitrogens with two attached hydrogens (primary N) is 1. The molecule has 0 unspecified atom stereocenters. The fraction of sp³-hybridized carbons (Fsp3) is 0.950. The Morgan fingerprint density at radius 3 is 1.11 bits per heavy atom. The van der Waals surface area contributed by atoms with Gasteiger partial charge in [-0.1, -0.05) is 62.8 Å². The number of halogens is 1. The highest BCUT2D eigenvalue weighted by Gasteiger charge is 2.55. The molecule has 8 rings (SSSR count). The molecule has 256 valence electrons. The molecule has 0 amide bonds. The second-order valence-corrected chi connectivity index (χ2v) is 21.2. The molecular weight excluding hydrogens is 562 g/mol. The second kappa shape index (κ2) is 13.2. The molecule has 0 aromatic carbocycles. The molecule has 0 heterocycles. The lowest BCUT2D eigenvalue weighted by molar-refractivity contribution is -0.146. The Kier molecular flexibility index (Phi) is 11.4. The van der Waals surface area contributed by atoms with Crippen molar-refractivity contribution in [2.75, 3.05) is 0 Å². The molecule has 0 aromatic heterocycles. The zero-order chi connectivity index (χ0) is 32.2. The first-order chi connectivity index (χ1) is 19.5. The smallest absolute Gasteiger partial charge is 0.227 e. The Labute approximate surface area is 278 Å². The zero-order valence-electron chi connectivity index (χ0n) is 29.8. The zero-order valence-corrected chi connectivity index (χ0v) is 30.6. The van der Waals surface area contributed by atoms with Gasteiger partial charge in [0.05, 0.1) is 0 Å². The summed E-state index contributed by atoms with van der Waals surface area (Å²) in [6.07, 6.45) is 18.4. The maximum atomic E-state index is 13.2. The lowest BCUT2D eigenvalue weighted by Gasteiger charge is -2.56. The summed E-state index contributed by atoms with van der Waals surface area (Å²) in [4.78, 5) is 24.7. The minimum atomic E-state index is -0.0731. The highest BCUT2D eigenvalue weighted by atomic mass is 35.5. The highest BCUT2D eigenvalue weighted by molar-refractivity contribution is 6.64. The normalized spacial score (nSPS) is 36.9. The quantitative estimate of drug-likeness (QED) is 0.296. The van der Waals surface area contributed by atoms with Crippen LogP contribution in [0, 0.1) is 62.6 Å². The van der Waals surface area contributed by atoms with Gasteiger partial charge in [0.15, 0.2) is 0 Å².